The van der Waals surface area contributed by atoms with Crippen LogP contribution in [0.5, 0.6) is 0 Å². The second-order valence-corrected chi connectivity index (χ2v) is 7.54. The highest BCUT2D eigenvalue weighted by molar-refractivity contribution is 7.71. The summed E-state index contributed by atoms with van der Waals surface area (Å²) in [6.07, 6.45) is 3.55. The van der Waals surface area contributed by atoms with Crippen LogP contribution in [0.2, 0.25) is 20.1 Å². The maximum Gasteiger partial charge on any atom is 0.205 e. The molecule has 3 nitrogen and oxygen atoms in total. The van der Waals surface area contributed by atoms with Gasteiger partial charge in [0, 0.05) is 29.1 Å². The molecule has 0 spiro atoms. The number of benzene rings is 2. The molecule has 2 heterocycles. The van der Waals surface area contributed by atoms with E-state index in [1.54, 1.807) is 28.8 Å². The van der Waals surface area contributed by atoms with Crippen molar-refractivity contribution in [2.75, 3.05) is 0 Å². The average Bonchev–Trinajstić information content (AvgIpc) is 3.07. The lowest BCUT2D eigenvalue weighted by molar-refractivity contribution is 1.06. The summed E-state index contributed by atoms with van der Waals surface area (Å²) < 4.78 is 2.21. The van der Waals surface area contributed by atoms with Crippen LogP contribution < -0.4 is 0 Å². The van der Waals surface area contributed by atoms with Gasteiger partial charge in [0.15, 0.2) is 0 Å². The Hall–Kier alpha value is -1.56. The first-order valence-electron chi connectivity index (χ1n) is 7.46. The monoisotopic (exact) mass is 439 g/mol. The first kappa shape index (κ1) is 17.8. The normalized spacial score (nSPS) is 11.2. The highest BCUT2D eigenvalue weighted by Crippen LogP contribution is 2.36. The van der Waals surface area contributed by atoms with Crippen molar-refractivity contribution in [3.63, 3.8) is 0 Å². The number of aromatic nitrogens is 3. The van der Waals surface area contributed by atoms with Crippen molar-refractivity contribution in [2.45, 2.75) is 0 Å². The summed E-state index contributed by atoms with van der Waals surface area (Å²) in [4.78, 5) is 7.67. The summed E-state index contributed by atoms with van der Waals surface area (Å²) in [5, 5.41) is 1.90. The van der Waals surface area contributed by atoms with Crippen LogP contribution in [0.1, 0.15) is 0 Å². The highest BCUT2D eigenvalue weighted by Gasteiger charge is 2.14. The van der Waals surface area contributed by atoms with Crippen LogP contribution in [0.3, 0.4) is 0 Å². The molecule has 0 aliphatic carbocycles. The smallest absolute Gasteiger partial charge is 0.205 e. The molecule has 0 aliphatic heterocycles. The van der Waals surface area contributed by atoms with Crippen LogP contribution >= 0.6 is 58.6 Å². The van der Waals surface area contributed by atoms with Gasteiger partial charge in [-0.25, -0.2) is 4.98 Å². The van der Waals surface area contributed by atoms with E-state index in [4.69, 9.17) is 58.6 Å². The Morgan fingerprint density at radius 2 is 1.73 bits per heavy atom. The van der Waals surface area contributed by atoms with E-state index in [-0.39, 0.29) is 0 Å². The third kappa shape index (κ3) is 3.02. The first-order chi connectivity index (χ1) is 12.5. The molecular weight excluding hydrogens is 432 g/mol. The Morgan fingerprint density at radius 1 is 0.923 bits per heavy atom. The Kier molecular flexibility index (Phi) is 4.71. The van der Waals surface area contributed by atoms with Crippen molar-refractivity contribution >= 4 is 64.3 Å². The minimum Gasteiger partial charge on any atom is -0.339 e. The number of rotatable bonds is 2. The Bertz CT molecular complexity index is 1210. The molecule has 0 amide bonds. The summed E-state index contributed by atoms with van der Waals surface area (Å²) in [5.74, 6) is 0. The van der Waals surface area contributed by atoms with Gasteiger partial charge in [-0.2, -0.15) is 0 Å². The molecule has 4 aromatic rings. The van der Waals surface area contributed by atoms with Crippen LogP contribution in [0.15, 0.2) is 48.8 Å². The largest absolute Gasteiger partial charge is 0.339 e. The molecule has 2 aromatic carbocycles. The van der Waals surface area contributed by atoms with E-state index in [0.29, 0.717) is 24.9 Å². The summed E-state index contributed by atoms with van der Waals surface area (Å²) >= 11 is 30.1. The number of hydrogen-bond donors (Lipinski definition) is 1. The van der Waals surface area contributed by atoms with E-state index in [0.717, 1.165) is 28.0 Å². The maximum absolute atomic E-state index is 6.39. The zero-order valence-electron chi connectivity index (χ0n) is 12.9. The molecule has 1 N–H and O–H groups in total. The number of fused-ring (bicyclic) bond motifs is 1. The standard InChI is InChI=1S/C18H9Cl4N3S/c19-12-5-4-9(6-14(12)21)15-8-25-17(24-15)11(7-23-18(25)26)10-2-1-3-13(20)16(10)22/h1-8,24H. The number of nitrogens with one attached hydrogen (secondary N) is 1. The van der Waals surface area contributed by atoms with Gasteiger partial charge in [-0.15, -0.1) is 0 Å². The molecule has 0 radical (unpaired) electrons. The zero-order chi connectivity index (χ0) is 18.4. The number of H-pyrrole nitrogens is 1. The average molecular weight is 441 g/mol. The van der Waals surface area contributed by atoms with Crippen LogP contribution in [0, 0.1) is 4.77 Å². The lowest BCUT2D eigenvalue weighted by atomic mass is 10.1. The molecule has 0 bridgehead atoms. The highest BCUT2D eigenvalue weighted by atomic mass is 35.5. The molecule has 26 heavy (non-hydrogen) atoms. The van der Waals surface area contributed by atoms with E-state index < -0.39 is 0 Å². The van der Waals surface area contributed by atoms with Crippen molar-refractivity contribution in [1.82, 2.24) is 14.4 Å². The van der Waals surface area contributed by atoms with Crippen molar-refractivity contribution in [3.05, 3.63) is 73.7 Å². The predicted octanol–water partition coefficient (Wildman–Crippen LogP) is 7.34. The van der Waals surface area contributed by atoms with Gasteiger partial charge in [0.25, 0.3) is 0 Å². The van der Waals surface area contributed by atoms with Gasteiger partial charge in [-0.1, -0.05) is 64.6 Å². The maximum atomic E-state index is 6.39. The fourth-order valence-corrected chi connectivity index (χ4v) is 3.62. The number of imidazole rings is 1. The second-order valence-electron chi connectivity index (χ2n) is 5.57. The third-order valence-electron chi connectivity index (χ3n) is 3.99. The minimum atomic E-state index is 0.421. The summed E-state index contributed by atoms with van der Waals surface area (Å²) in [7, 11) is 0. The zero-order valence-corrected chi connectivity index (χ0v) is 16.8. The third-order valence-corrected chi connectivity index (χ3v) is 5.85. The summed E-state index contributed by atoms with van der Waals surface area (Å²) in [6.45, 7) is 0. The van der Waals surface area contributed by atoms with Gasteiger partial charge in [0.05, 0.1) is 25.8 Å². The van der Waals surface area contributed by atoms with Crippen molar-refractivity contribution < 1.29 is 0 Å². The Balaban J connectivity index is 1.98. The molecule has 0 aliphatic rings. The Morgan fingerprint density at radius 3 is 2.50 bits per heavy atom. The molecular formula is C18H9Cl4N3S. The second kappa shape index (κ2) is 6.87. The number of nitrogens with zero attached hydrogens (tertiary/aromatic N) is 2. The number of hydrogen-bond acceptors (Lipinski definition) is 2. The van der Waals surface area contributed by atoms with E-state index >= 15 is 0 Å². The summed E-state index contributed by atoms with van der Waals surface area (Å²) in [6, 6.07) is 10.9. The molecule has 0 unspecified atom stereocenters. The minimum absolute atomic E-state index is 0.421. The van der Waals surface area contributed by atoms with Crippen molar-refractivity contribution in [2.24, 2.45) is 0 Å². The summed E-state index contributed by atoms with van der Waals surface area (Å²) in [5.41, 5.74) is 4.01. The fraction of sp³-hybridized carbons (Fsp3) is 0. The molecule has 2 aromatic heterocycles. The van der Waals surface area contributed by atoms with E-state index in [9.17, 15) is 0 Å². The molecule has 8 heteroatoms. The van der Waals surface area contributed by atoms with Gasteiger partial charge in [-0.05, 0) is 30.4 Å². The van der Waals surface area contributed by atoms with Gasteiger partial charge in [-0.3, -0.25) is 4.40 Å². The van der Waals surface area contributed by atoms with Gasteiger partial charge >= 0.3 is 0 Å². The van der Waals surface area contributed by atoms with Crippen LogP contribution in [0.4, 0.5) is 0 Å². The van der Waals surface area contributed by atoms with Crippen molar-refractivity contribution in [3.8, 4) is 22.4 Å². The topological polar surface area (TPSA) is 33.1 Å². The quantitative estimate of drug-likeness (QED) is 0.330. The van der Waals surface area contributed by atoms with Crippen LogP contribution in [-0.2, 0) is 0 Å². The van der Waals surface area contributed by atoms with Gasteiger partial charge in [0.2, 0.25) is 4.77 Å². The number of aromatic amines is 1. The first-order valence-corrected chi connectivity index (χ1v) is 9.38. The van der Waals surface area contributed by atoms with Gasteiger partial charge in [0.1, 0.15) is 5.65 Å². The molecule has 0 fully saturated rings. The lowest BCUT2D eigenvalue weighted by Crippen LogP contribution is -1.93. The van der Waals surface area contributed by atoms with Crippen molar-refractivity contribution in [1.29, 1.82) is 0 Å². The van der Waals surface area contributed by atoms with Crippen LogP contribution in [0.25, 0.3) is 28.0 Å². The van der Waals surface area contributed by atoms with Crippen LogP contribution in [-0.4, -0.2) is 14.4 Å². The molecule has 130 valence electrons. The van der Waals surface area contributed by atoms with Gasteiger partial charge < -0.3 is 4.98 Å². The van der Waals surface area contributed by atoms with E-state index in [2.05, 4.69) is 9.97 Å². The molecule has 0 atom stereocenters. The fourth-order valence-electron chi connectivity index (χ4n) is 2.72. The van der Waals surface area contributed by atoms with E-state index in [1.807, 2.05) is 24.4 Å². The predicted molar refractivity (Wildman–Crippen MR) is 111 cm³/mol. The SMILES string of the molecule is S=c1ncc(-c2cccc(Cl)c2Cl)c2[nH]c(-c3ccc(Cl)c(Cl)c3)cn12. The van der Waals surface area contributed by atoms with E-state index in [1.165, 1.54) is 0 Å². The molecule has 0 saturated heterocycles. The molecule has 4 rings (SSSR count). The lowest BCUT2D eigenvalue weighted by Gasteiger charge is -2.07. The molecule has 0 saturated carbocycles. The Labute approximate surface area is 174 Å². The number of halogens is 4.